The smallest absolute Gasteiger partial charge is 0.305 e. The van der Waals surface area contributed by atoms with Gasteiger partial charge >= 0.3 is 5.97 Å². The number of esters is 1. The van der Waals surface area contributed by atoms with E-state index in [1.54, 1.807) is 6.08 Å². The Labute approximate surface area is 365 Å². The van der Waals surface area contributed by atoms with Crippen LogP contribution in [0.5, 0.6) is 0 Å². The summed E-state index contributed by atoms with van der Waals surface area (Å²) in [4.78, 5) is 24.4. The molecular weight excluding hydrogens is 731 g/mol. The molecule has 1 amide bonds. The predicted octanol–water partition coefficient (Wildman–Crippen LogP) is 14.8. The van der Waals surface area contributed by atoms with Crippen LogP contribution in [0.25, 0.3) is 0 Å². The lowest BCUT2D eigenvalue weighted by Gasteiger charge is -2.20. The highest BCUT2D eigenvalue weighted by atomic mass is 16.5. The van der Waals surface area contributed by atoms with Crippen LogP contribution in [0.4, 0.5) is 0 Å². The molecule has 0 aromatic carbocycles. The Bertz CT molecular complexity index is 1050. The summed E-state index contributed by atoms with van der Waals surface area (Å²) >= 11 is 0. The van der Waals surface area contributed by atoms with Crippen LogP contribution in [0.2, 0.25) is 0 Å². The lowest BCUT2D eigenvalue weighted by Crippen LogP contribution is -2.45. The minimum Gasteiger partial charge on any atom is -0.466 e. The van der Waals surface area contributed by atoms with Gasteiger partial charge < -0.3 is 20.3 Å². The van der Waals surface area contributed by atoms with Gasteiger partial charge in [0.2, 0.25) is 5.91 Å². The van der Waals surface area contributed by atoms with Crippen molar-refractivity contribution < 1.29 is 24.5 Å². The predicted molar refractivity (Wildman–Crippen MR) is 255 cm³/mol. The normalized spacial score (nSPS) is 13.2. The van der Waals surface area contributed by atoms with Crippen molar-refractivity contribution >= 4 is 11.9 Å². The monoisotopic (exact) mass is 826 g/mol. The Kier molecular flexibility index (Phi) is 46.2. The van der Waals surface area contributed by atoms with Crippen LogP contribution in [0.3, 0.4) is 0 Å². The van der Waals surface area contributed by atoms with Gasteiger partial charge in [-0.15, -0.1) is 0 Å². The zero-order valence-electron chi connectivity index (χ0n) is 38.7. The molecule has 6 nitrogen and oxygen atoms in total. The molecule has 6 heteroatoms. The summed E-state index contributed by atoms with van der Waals surface area (Å²) in [6.07, 6.45) is 60.7. The minimum atomic E-state index is -0.859. The summed E-state index contributed by atoms with van der Waals surface area (Å²) in [5.74, 6) is -0.132. The number of carbonyl (C=O) groups excluding carboxylic acids is 2. The first-order valence-electron chi connectivity index (χ1n) is 25.1. The second kappa shape index (κ2) is 48.2. The van der Waals surface area contributed by atoms with Crippen molar-refractivity contribution in [1.82, 2.24) is 5.32 Å². The van der Waals surface area contributed by atoms with Crippen LogP contribution >= 0.6 is 0 Å². The maximum atomic E-state index is 12.4. The Hall–Kier alpha value is -2.44. The molecule has 0 fully saturated rings. The first kappa shape index (κ1) is 56.6. The maximum Gasteiger partial charge on any atom is 0.305 e. The van der Waals surface area contributed by atoms with Gasteiger partial charge in [0.05, 0.1) is 25.4 Å². The van der Waals surface area contributed by atoms with Gasteiger partial charge in [-0.2, -0.15) is 0 Å². The van der Waals surface area contributed by atoms with Gasteiger partial charge in [0.15, 0.2) is 0 Å². The Morgan fingerprint density at radius 2 is 0.898 bits per heavy atom. The lowest BCUT2D eigenvalue weighted by atomic mass is 10.1. The molecule has 0 bridgehead atoms. The molecule has 342 valence electrons. The molecule has 3 N–H and O–H groups in total. The van der Waals surface area contributed by atoms with Crippen LogP contribution in [-0.4, -0.2) is 47.4 Å². The van der Waals surface area contributed by atoms with Crippen molar-refractivity contribution in [3.63, 3.8) is 0 Å². The van der Waals surface area contributed by atoms with Gasteiger partial charge in [-0.3, -0.25) is 9.59 Å². The van der Waals surface area contributed by atoms with E-state index in [-0.39, 0.29) is 18.5 Å². The maximum absolute atomic E-state index is 12.4. The summed E-state index contributed by atoms with van der Waals surface area (Å²) in [6.45, 7) is 4.79. The number of allylic oxidation sites excluding steroid dienone is 9. The molecule has 0 aliphatic carbocycles. The second-order valence-electron chi connectivity index (χ2n) is 16.8. The zero-order valence-corrected chi connectivity index (χ0v) is 38.7. The van der Waals surface area contributed by atoms with E-state index < -0.39 is 12.1 Å². The van der Waals surface area contributed by atoms with Crippen molar-refractivity contribution in [2.24, 2.45) is 0 Å². The largest absolute Gasteiger partial charge is 0.466 e. The van der Waals surface area contributed by atoms with Crippen LogP contribution in [0.15, 0.2) is 60.8 Å². The number of unbranched alkanes of at least 4 members (excludes halogenated alkanes) is 27. The van der Waals surface area contributed by atoms with Crippen LogP contribution in [0.1, 0.15) is 239 Å². The molecule has 59 heavy (non-hydrogen) atoms. The van der Waals surface area contributed by atoms with Gasteiger partial charge in [-0.25, -0.2) is 0 Å². The fraction of sp³-hybridized carbons (Fsp3) is 0.774. The van der Waals surface area contributed by atoms with Crippen molar-refractivity contribution in [2.45, 2.75) is 251 Å². The number of nitrogens with one attached hydrogen (secondary N) is 1. The summed E-state index contributed by atoms with van der Waals surface area (Å²) in [7, 11) is 0. The molecule has 0 radical (unpaired) electrons. The third-order valence-electron chi connectivity index (χ3n) is 11.0. The summed E-state index contributed by atoms with van der Waals surface area (Å²) in [5, 5.41) is 22.9. The third-order valence-corrected chi connectivity index (χ3v) is 11.0. The average molecular weight is 826 g/mol. The number of carbonyl (C=O) groups is 2. The second-order valence-corrected chi connectivity index (χ2v) is 16.8. The highest BCUT2D eigenvalue weighted by molar-refractivity contribution is 5.76. The Balaban J connectivity index is 3.57. The number of ether oxygens (including phenoxy) is 1. The van der Waals surface area contributed by atoms with E-state index in [0.717, 1.165) is 89.9 Å². The minimum absolute atomic E-state index is 0.0378. The summed E-state index contributed by atoms with van der Waals surface area (Å²) in [6, 6.07) is -0.645. The van der Waals surface area contributed by atoms with Gasteiger partial charge in [0, 0.05) is 12.8 Å². The summed E-state index contributed by atoms with van der Waals surface area (Å²) in [5.41, 5.74) is 0. The number of hydrogen-bond donors (Lipinski definition) is 3. The lowest BCUT2D eigenvalue weighted by molar-refractivity contribution is -0.143. The third kappa shape index (κ3) is 44.9. The molecule has 0 aromatic heterocycles. The molecule has 0 saturated carbocycles. The Morgan fingerprint density at radius 3 is 1.41 bits per heavy atom. The zero-order chi connectivity index (χ0) is 43.0. The van der Waals surface area contributed by atoms with E-state index in [0.29, 0.717) is 19.4 Å². The van der Waals surface area contributed by atoms with Crippen LogP contribution < -0.4 is 5.32 Å². The van der Waals surface area contributed by atoms with Crippen molar-refractivity contribution in [2.75, 3.05) is 13.2 Å². The van der Waals surface area contributed by atoms with E-state index in [1.807, 2.05) is 6.08 Å². The molecule has 2 unspecified atom stereocenters. The molecule has 0 spiro atoms. The number of aliphatic hydroxyl groups excluding tert-OH is 2. The summed E-state index contributed by atoms with van der Waals surface area (Å²) < 4.78 is 5.43. The van der Waals surface area contributed by atoms with Gasteiger partial charge in [0.1, 0.15) is 0 Å². The first-order chi connectivity index (χ1) is 29.0. The number of hydrogen-bond acceptors (Lipinski definition) is 5. The molecule has 0 aliphatic heterocycles. The Morgan fingerprint density at radius 1 is 0.492 bits per heavy atom. The molecule has 0 saturated heterocycles. The van der Waals surface area contributed by atoms with Gasteiger partial charge in [-0.1, -0.05) is 190 Å². The van der Waals surface area contributed by atoms with E-state index in [4.69, 9.17) is 4.74 Å². The molecule has 0 heterocycles. The fourth-order valence-electron chi connectivity index (χ4n) is 7.12. The average Bonchev–Trinajstić information content (AvgIpc) is 3.24. The van der Waals surface area contributed by atoms with E-state index in [2.05, 4.69) is 67.8 Å². The van der Waals surface area contributed by atoms with Crippen molar-refractivity contribution in [3.8, 4) is 0 Å². The van der Waals surface area contributed by atoms with Crippen LogP contribution in [0, 0.1) is 0 Å². The number of amides is 1. The molecule has 0 rings (SSSR count). The quantitative estimate of drug-likeness (QED) is 0.0246. The van der Waals surface area contributed by atoms with Gasteiger partial charge in [0.25, 0.3) is 0 Å². The fourth-order valence-corrected chi connectivity index (χ4v) is 7.12. The van der Waals surface area contributed by atoms with E-state index in [9.17, 15) is 19.8 Å². The topological polar surface area (TPSA) is 95.9 Å². The number of rotatable bonds is 45. The standard InChI is InChI=1S/C53H95NO5/c1-3-5-7-9-11-13-15-16-17-20-23-27-31-35-39-43-47-53(58)59-48-44-40-36-32-28-24-21-18-19-22-26-30-34-38-42-46-52(57)54-50(49-55)51(56)45-41-37-33-29-25-14-12-10-8-6-4-2/h13,15,17-18,20-21,24,28,41,45,50-51,55-56H,3-12,14,16,19,22-23,25-27,29-40,42-44,46-49H2,1-2H3,(H,54,57)/b15-13-,20-17-,21-18-,28-24-,45-41+. The van der Waals surface area contributed by atoms with Crippen molar-refractivity contribution in [1.29, 1.82) is 0 Å². The SMILES string of the molecule is CCCCCC/C=C\C/C=C\CCCCCCCC(=O)OCCCCC/C=C\C=C/CCCCCCCCC(=O)NC(CO)C(O)/C=C/CCCCCCCCCCC. The first-order valence-corrected chi connectivity index (χ1v) is 25.1. The molecule has 0 aliphatic rings. The molecule has 2 atom stereocenters. The number of aliphatic hydroxyl groups is 2. The highest BCUT2D eigenvalue weighted by Crippen LogP contribution is 2.13. The van der Waals surface area contributed by atoms with Gasteiger partial charge in [-0.05, 0) is 96.3 Å². The van der Waals surface area contributed by atoms with Crippen LogP contribution in [-0.2, 0) is 14.3 Å². The highest BCUT2D eigenvalue weighted by Gasteiger charge is 2.18. The van der Waals surface area contributed by atoms with E-state index in [1.165, 1.54) is 122 Å². The van der Waals surface area contributed by atoms with Crippen molar-refractivity contribution in [3.05, 3.63) is 60.8 Å². The molecule has 0 aromatic rings. The van der Waals surface area contributed by atoms with E-state index >= 15 is 0 Å². The molecular formula is C53H95NO5.